The molecule has 45 heteroatoms. The van der Waals surface area contributed by atoms with Crippen molar-refractivity contribution < 1.29 is 64.1 Å². The average molecular weight is 2230 g/mol. The largest absolute Gasteiger partial charge is 1.00 e. The first kappa shape index (κ1) is 115. The monoisotopic (exact) mass is 2230 g/mol. The molecule has 8 aromatic carbocycles. The van der Waals surface area contributed by atoms with Crippen molar-refractivity contribution in [2.75, 3.05) is 30.8 Å². The molecule has 0 radical (unpaired) electrons. The number of nitrogens with one attached hydrogen (secondary N) is 1. The first-order valence-electron chi connectivity index (χ1n) is 44.0. The van der Waals surface area contributed by atoms with Crippen LogP contribution in [0.4, 0.5) is 37.6 Å². The van der Waals surface area contributed by atoms with Gasteiger partial charge in [0.1, 0.15) is 39.9 Å². The van der Waals surface area contributed by atoms with Crippen molar-refractivity contribution in [2.45, 2.75) is 223 Å². The Kier molecular flexibility index (Phi) is 39.4. The minimum absolute atomic E-state index is 0. The number of H-pyrrole nitrogens is 1. The van der Waals surface area contributed by atoms with Gasteiger partial charge in [0.05, 0.1) is 74.3 Å². The Hall–Kier alpha value is -10.9. The van der Waals surface area contributed by atoms with Crippen molar-refractivity contribution in [1.82, 2.24) is 99.1 Å². The van der Waals surface area contributed by atoms with Crippen molar-refractivity contribution in [3.63, 3.8) is 0 Å². The van der Waals surface area contributed by atoms with Crippen LogP contribution >= 0.6 is 70.4 Å². The van der Waals surface area contributed by atoms with Gasteiger partial charge in [-0.25, -0.2) is 56.5 Å². The van der Waals surface area contributed by atoms with Crippen LogP contribution in [-0.2, 0) is 67.0 Å². The molecule has 14 aromatic rings. The normalized spacial score (nSPS) is 13.5. The molecule has 0 atom stereocenters. The van der Waals surface area contributed by atoms with E-state index in [0.29, 0.717) is 29.7 Å². The number of hydrogen-bond acceptors (Lipinski definition) is 26. The van der Waals surface area contributed by atoms with E-state index in [1.165, 1.54) is 37.3 Å². The number of nitro benzene ring substituents is 2. The number of nitrogens with two attached hydrogens (primary N) is 3. The van der Waals surface area contributed by atoms with Gasteiger partial charge in [0.25, 0.3) is 11.4 Å². The summed E-state index contributed by atoms with van der Waals surface area (Å²) in [6, 6.07) is 40.8. The molecule has 0 unspecified atom stereocenters. The van der Waals surface area contributed by atoms with Crippen LogP contribution in [0.1, 0.15) is 178 Å². The molecular formula is C94H125BBr3FIN26NaO12. The molecule has 3 amide bonds. The Morgan fingerprint density at radius 1 is 0.518 bits per heavy atom. The van der Waals surface area contributed by atoms with Gasteiger partial charge in [-0.15, -0.1) is 30.8 Å². The SMILES string of the molecule is CC(C)(C)Cn1nnc2c(Br)c(I)ccc21.CC(C)(C)Cn1nnc2c(Br)c(N)ccc21.CC(C)(C)Cn1nnc2cc(N)ccc21.CC(C)(C)Cn1nnc2cc([N+](=O)[O-])ccc21.CCC(C)(C)C.CN1C(=O)CN(Cc2ccc(-c3ccc4c(nnn4CC(C)(C)C)c3Br)cc2)C1=O.Cn1c(=O)[nH]n(Cc2ccc(B3OC(C)(C)C(C)(C)O3)cc2)c1=O.Nc1cc([N+](=O)[O-])ccc1F.O=N[O-].[HH].[Na+]. The van der Waals surface area contributed by atoms with Crippen LogP contribution in [0, 0.1) is 72.2 Å². The fraction of sp³-hybridized carbons (Fsp3) is 0.447. The standard InChI is InChI=1S/C22H24BrN5O2.C16H22BN3O4.C11H13BrIN3.C11H15BrN4.C11H14N4O2.C11H16N4.C6H5FN2O2.C6H14.HNO2.Na.H2/c1-22(2,3)13-28-17-10-9-16(19(23)20(17)24-25-28)15-7-5-14(6-8-15)11-27-12-18(29)26(4)21(27)30;1-15(2)16(3,4)24-17(23-15)12-8-6-11(7-9-12)10-20-14(22)19(5)13(21)18-20;2*1-11(2,3)6-16-8-5-4-7(13)9(12)10(8)14-15-16;1-11(2,3)7-14-10-5-4-8(15(16)17)6-9(10)12-13-14;1-11(2,3)7-15-10-5-4-8(12)6-9(10)13-14-15;7-5-2-1-4(9(10)11)3-6(5)8;1-5-6(2,3)4;2-1-3;;/h5-10H,11-13H2,1-4H3;6-9H,10H2,1-5H3,(H,18,21);4-5H,6H2,1-3H3;4-5H,6,13H2,1-3H3;4-6H,7H2,1-3H3;4-6H,7,12H2,1-3H3;1-3H,8H2;5H2,1-4H3;(H,2,3);;1H/q;;;;;;;;;+1;/p-1. The Balaban J connectivity index is 0.000000251. The van der Waals surface area contributed by atoms with Crippen LogP contribution in [0.3, 0.4) is 0 Å². The molecule has 0 aliphatic carbocycles. The Bertz CT molecular complexity index is 6650. The van der Waals surface area contributed by atoms with E-state index in [0.717, 1.165) is 166 Å². The molecule has 38 nitrogen and oxygen atoms in total. The number of non-ortho nitro benzene ring substituents is 2. The predicted molar refractivity (Wildman–Crippen MR) is 560 cm³/mol. The van der Waals surface area contributed by atoms with Gasteiger partial charge >= 0.3 is 54.1 Å². The second-order valence-electron chi connectivity index (χ2n) is 41.5. The number of carbonyl (C=O) groups is 2. The molecular weight excluding hydrogens is 2100 g/mol. The first-order valence-corrected chi connectivity index (χ1v) is 47.5. The molecule has 0 spiro atoms. The van der Waals surface area contributed by atoms with Gasteiger partial charge in [0.15, 0.2) is 0 Å². The van der Waals surface area contributed by atoms with Gasteiger partial charge in [-0.05, 0) is 219 Å². The number of anilines is 3. The van der Waals surface area contributed by atoms with E-state index >= 15 is 0 Å². The maximum Gasteiger partial charge on any atom is 1.00 e. The van der Waals surface area contributed by atoms with E-state index < -0.39 is 28.5 Å². The molecule has 2 saturated heterocycles. The van der Waals surface area contributed by atoms with Crippen LogP contribution in [0.5, 0.6) is 0 Å². The van der Waals surface area contributed by atoms with Gasteiger partial charge in [-0.3, -0.25) is 29.9 Å². The Morgan fingerprint density at radius 2 is 0.899 bits per heavy atom. The first-order chi connectivity index (χ1) is 63.9. The van der Waals surface area contributed by atoms with E-state index in [4.69, 9.17) is 36.6 Å². The summed E-state index contributed by atoms with van der Waals surface area (Å²) < 4.78 is 40.2. The van der Waals surface area contributed by atoms with Crippen LogP contribution in [-0.4, -0.2) is 153 Å². The summed E-state index contributed by atoms with van der Waals surface area (Å²) in [4.78, 5) is 77.5. The smallest absolute Gasteiger partial charge is 0.444 e. The topological polar surface area (TPSA) is 489 Å². The molecule has 8 heterocycles. The summed E-state index contributed by atoms with van der Waals surface area (Å²) in [7, 11) is 2.54. The number of amides is 3. The fourth-order valence-corrected chi connectivity index (χ4v) is 15.0. The quantitative estimate of drug-likeness (QED) is 0.0158. The van der Waals surface area contributed by atoms with Crippen molar-refractivity contribution in [1.29, 1.82) is 0 Å². The maximum atomic E-state index is 12.4. The van der Waals surface area contributed by atoms with Gasteiger partial charge in [-0.2, -0.15) is 0 Å². The second-order valence-corrected chi connectivity index (χ2v) is 45.0. The number of imide groups is 1. The number of likely N-dealkylation sites (N-methyl/N-ethyl adjacent to an activating group) is 1. The van der Waals surface area contributed by atoms with E-state index in [9.17, 15) is 43.8 Å². The summed E-state index contributed by atoms with van der Waals surface area (Å²) in [5, 5.41) is 73.9. The fourth-order valence-electron chi connectivity index (χ4n) is 13.1. The number of urea groups is 1. The van der Waals surface area contributed by atoms with Gasteiger partial charge < -0.3 is 41.5 Å². The number of nitro groups is 2. The summed E-state index contributed by atoms with van der Waals surface area (Å²) in [6.07, 6.45) is 1.27. The molecule has 2 fully saturated rings. The number of carbonyl (C=O) groups excluding carboxylic acids is 2. The van der Waals surface area contributed by atoms with Crippen LogP contribution < -0.4 is 63.6 Å². The van der Waals surface area contributed by atoms with Gasteiger partial charge in [0, 0.05) is 94.0 Å². The zero-order chi connectivity index (χ0) is 103. The zero-order valence-corrected chi connectivity index (χ0v) is 92.5. The number of aromatic amines is 1. The van der Waals surface area contributed by atoms with E-state index in [1.807, 2.05) is 125 Å². The number of aromatic nitrogens is 18. The number of hydrogen-bond donors (Lipinski definition) is 4. The van der Waals surface area contributed by atoms with Crippen LogP contribution in [0.15, 0.2) is 168 Å². The van der Waals surface area contributed by atoms with Crippen LogP contribution in [0.25, 0.3) is 66.3 Å². The van der Waals surface area contributed by atoms with Crippen molar-refractivity contribution in [3.8, 4) is 11.1 Å². The third-order valence-electron chi connectivity index (χ3n) is 21.3. The zero-order valence-electron chi connectivity index (χ0n) is 83.6. The average Bonchev–Trinajstić information content (AvgIpc) is 1.61. The molecule has 139 heavy (non-hydrogen) atoms. The van der Waals surface area contributed by atoms with E-state index in [2.05, 4.69) is 283 Å². The van der Waals surface area contributed by atoms with Crippen molar-refractivity contribution in [2.24, 2.45) is 44.9 Å². The molecule has 0 bridgehead atoms. The van der Waals surface area contributed by atoms with Crippen LogP contribution in [0.2, 0.25) is 0 Å². The summed E-state index contributed by atoms with van der Waals surface area (Å²) in [6.45, 7) is 54.4. The van der Waals surface area contributed by atoms with E-state index in [1.54, 1.807) is 15.6 Å². The molecule has 742 valence electrons. The number of rotatable bonds is 13. The Morgan fingerprint density at radius 3 is 1.32 bits per heavy atom. The molecule has 16 rings (SSSR count). The number of nitrogens with zero attached hydrogens (tertiary/aromatic N) is 22. The summed E-state index contributed by atoms with van der Waals surface area (Å²) >= 11 is 13.0. The number of fused-ring (bicyclic) bond motifs is 5. The molecule has 7 N–H and O–H groups in total. The summed E-state index contributed by atoms with van der Waals surface area (Å²) in [5.74, 6) is -0.816. The molecule has 6 aromatic heterocycles. The molecule has 2 aliphatic rings. The predicted octanol–water partition coefficient (Wildman–Crippen LogP) is 16.9. The van der Waals surface area contributed by atoms with E-state index in [-0.39, 0.29) is 110 Å². The van der Waals surface area contributed by atoms with Gasteiger partial charge in [-0.1, -0.05) is 219 Å². The number of benzene rings is 8. The third-order valence-corrected chi connectivity index (χ3v) is 25.4. The van der Waals surface area contributed by atoms with Crippen molar-refractivity contribution >= 4 is 179 Å². The molecule has 0 saturated carbocycles. The second kappa shape index (κ2) is 47.6. The number of halogens is 5. The Labute approximate surface area is 868 Å². The van der Waals surface area contributed by atoms with Crippen molar-refractivity contribution in [3.05, 3.63) is 225 Å². The summed E-state index contributed by atoms with van der Waals surface area (Å²) in [5.41, 5.74) is 31.2. The number of nitrogen functional groups attached to an aromatic ring is 3. The molecule has 2 aliphatic heterocycles. The minimum atomic E-state index is -0.643. The third kappa shape index (κ3) is 32.6. The maximum absolute atomic E-state index is 12.4. The minimum Gasteiger partial charge on any atom is -0.444 e. The van der Waals surface area contributed by atoms with Gasteiger partial charge in [0.2, 0.25) is 5.91 Å².